The zero-order valence-electron chi connectivity index (χ0n) is 16.0. The number of hydrogen-bond donors (Lipinski definition) is 0. The molecule has 146 valence electrons. The van der Waals surface area contributed by atoms with E-state index in [4.69, 9.17) is 23.7 Å². The van der Waals surface area contributed by atoms with Gasteiger partial charge in [0.15, 0.2) is 12.6 Å². The molecule has 0 bridgehead atoms. The summed E-state index contributed by atoms with van der Waals surface area (Å²) in [6.07, 6.45) is 4.16. The first-order valence-electron chi connectivity index (χ1n) is 8.54. The minimum atomic E-state index is -0.0679. The Labute approximate surface area is 151 Å². The summed E-state index contributed by atoms with van der Waals surface area (Å²) in [6, 6.07) is 0. The predicted octanol–water partition coefficient (Wildman–Crippen LogP) is 1.92. The quantitative estimate of drug-likeness (QED) is 0.204. The van der Waals surface area contributed by atoms with Gasteiger partial charge in [-0.25, -0.2) is 0 Å². The van der Waals surface area contributed by atoms with Crippen LogP contribution in [0.3, 0.4) is 0 Å². The van der Waals surface area contributed by atoms with Gasteiger partial charge in [0.05, 0.1) is 6.61 Å². The standard InChI is InChI=1S/C16H37NO5P2/c1-6-22-10-7-17(8-11-23-13-15(18-2)19-3)9-12-24-14-16(20-4)21-5/h15-16,23-24H,6-14H2,1-5H3. The van der Waals surface area contributed by atoms with Crippen molar-refractivity contribution in [3.63, 3.8) is 0 Å². The third kappa shape index (κ3) is 13.9. The summed E-state index contributed by atoms with van der Waals surface area (Å²) in [7, 11) is 8.49. The van der Waals surface area contributed by atoms with Crippen molar-refractivity contribution in [3.8, 4) is 0 Å². The highest BCUT2D eigenvalue weighted by molar-refractivity contribution is 7.38. The molecule has 0 radical (unpaired) electrons. The summed E-state index contributed by atoms with van der Waals surface area (Å²) in [5.41, 5.74) is 0. The summed E-state index contributed by atoms with van der Waals surface area (Å²) in [6.45, 7) is 6.84. The first kappa shape index (κ1) is 24.6. The van der Waals surface area contributed by atoms with Gasteiger partial charge in [0.25, 0.3) is 0 Å². The fourth-order valence-electron chi connectivity index (χ4n) is 2.11. The highest BCUT2D eigenvalue weighted by Crippen LogP contribution is 2.16. The summed E-state index contributed by atoms with van der Waals surface area (Å²) < 4.78 is 26.5. The molecule has 0 spiro atoms. The summed E-state index contributed by atoms with van der Waals surface area (Å²) >= 11 is 0. The highest BCUT2D eigenvalue weighted by Gasteiger charge is 2.09. The Morgan fingerprint density at radius 3 is 1.58 bits per heavy atom. The first-order chi connectivity index (χ1) is 11.7. The molecule has 0 N–H and O–H groups in total. The molecule has 2 atom stereocenters. The molecule has 0 saturated carbocycles. The summed E-state index contributed by atoms with van der Waals surface area (Å²) in [5, 5.41) is 0. The predicted molar refractivity (Wildman–Crippen MR) is 105 cm³/mol. The zero-order valence-corrected chi connectivity index (χ0v) is 18.0. The molecule has 0 aromatic carbocycles. The van der Waals surface area contributed by atoms with Crippen molar-refractivity contribution in [2.24, 2.45) is 0 Å². The van der Waals surface area contributed by atoms with Gasteiger partial charge in [-0.1, -0.05) is 0 Å². The van der Waals surface area contributed by atoms with Gasteiger partial charge in [-0.2, -0.15) is 0 Å². The molecule has 24 heavy (non-hydrogen) atoms. The van der Waals surface area contributed by atoms with Crippen LogP contribution < -0.4 is 0 Å². The van der Waals surface area contributed by atoms with Crippen LogP contribution in [-0.4, -0.2) is 103 Å². The van der Waals surface area contributed by atoms with Crippen molar-refractivity contribution in [2.75, 3.05) is 85.9 Å². The van der Waals surface area contributed by atoms with Crippen LogP contribution >= 0.6 is 17.2 Å². The van der Waals surface area contributed by atoms with E-state index < -0.39 is 0 Å². The van der Waals surface area contributed by atoms with E-state index in [0.717, 1.165) is 62.3 Å². The van der Waals surface area contributed by atoms with E-state index in [1.807, 2.05) is 6.92 Å². The Morgan fingerprint density at radius 1 is 0.750 bits per heavy atom. The minimum Gasteiger partial charge on any atom is -0.380 e. The lowest BCUT2D eigenvalue weighted by Crippen LogP contribution is -2.32. The lowest BCUT2D eigenvalue weighted by atomic mass is 10.5. The van der Waals surface area contributed by atoms with Crippen molar-refractivity contribution in [2.45, 2.75) is 19.5 Å². The Morgan fingerprint density at radius 2 is 1.21 bits per heavy atom. The summed E-state index contributed by atoms with van der Waals surface area (Å²) in [5.74, 6) is 0. The molecule has 0 aliphatic carbocycles. The SMILES string of the molecule is CCOCCN(CCPCC(OC)OC)CCPCC(OC)OC. The average molecular weight is 385 g/mol. The molecule has 0 saturated heterocycles. The van der Waals surface area contributed by atoms with Gasteiger partial charge in [-0.3, -0.25) is 0 Å². The zero-order chi connectivity index (χ0) is 18.0. The lowest BCUT2D eigenvalue weighted by molar-refractivity contribution is -0.0848. The maximum Gasteiger partial charge on any atom is 0.160 e. The Kier molecular flexibility index (Phi) is 18.9. The number of rotatable bonds is 18. The number of methoxy groups -OCH3 is 4. The third-order valence-electron chi connectivity index (χ3n) is 3.64. The topological polar surface area (TPSA) is 49.4 Å². The van der Waals surface area contributed by atoms with Crippen LogP contribution in [0.4, 0.5) is 0 Å². The normalized spacial score (nSPS) is 13.0. The molecular weight excluding hydrogens is 348 g/mol. The van der Waals surface area contributed by atoms with Crippen LogP contribution in [0.25, 0.3) is 0 Å². The fraction of sp³-hybridized carbons (Fsp3) is 1.00. The molecule has 0 heterocycles. The number of hydrogen-bond acceptors (Lipinski definition) is 6. The van der Waals surface area contributed by atoms with Crippen LogP contribution in [0.1, 0.15) is 6.92 Å². The molecule has 0 aliphatic rings. The minimum absolute atomic E-state index is 0.0679. The Bertz CT molecular complexity index is 237. The molecule has 0 amide bonds. The molecule has 0 rings (SSSR count). The molecule has 0 aliphatic heterocycles. The van der Waals surface area contributed by atoms with Crippen molar-refractivity contribution in [1.29, 1.82) is 0 Å². The second kappa shape index (κ2) is 18.4. The van der Waals surface area contributed by atoms with Gasteiger partial charge in [0, 0.05) is 67.0 Å². The fourth-order valence-corrected chi connectivity index (χ4v) is 4.61. The Balaban J connectivity index is 3.95. The molecule has 8 heteroatoms. The van der Waals surface area contributed by atoms with E-state index in [2.05, 4.69) is 4.90 Å². The van der Waals surface area contributed by atoms with Crippen molar-refractivity contribution >= 4 is 17.2 Å². The molecule has 0 aromatic heterocycles. The molecule has 0 aromatic rings. The second-order valence-electron chi connectivity index (χ2n) is 5.25. The number of nitrogens with zero attached hydrogens (tertiary/aromatic N) is 1. The maximum atomic E-state index is 5.51. The van der Waals surface area contributed by atoms with Crippen molar-refractivity contribution in [1.82, 2.24) is 4.90 Å². The summed E-state index contributed by atoms with van der Waals surface area (Å²) in [4.78, 5) is 2.50. The van der Waals surface area contributed by atoms with Crippen molar-refractivity contribution in [3.05, 3.63) is 0 Å². The largest absolute Gasteiger partial charge is 0.380 e. The van der Waals surface area contributed by atoms with Gasteiger partial charge in [0.1, 0.15) is 0 Å². The van der Waals surface area contributed by atoms with Gasteiger partial charge >= 0.3 is 0 Å². The third-order valence-corrected chi connectivity index (χ3v) is 6.04. The Hall–Kier alpha value is 0.620. The van der Waals surface area contributed by atoms with Gasteiger partial charge in [0.2, 0.25) is 0 Å². The van der Waals surface area contributed by atoms with E-state index in [9.17, 15) is 0 Å². The lowest BCUT2D eigenvalue weighted by Gasteiger charge is -2.23. The average Bonchev–Trinajstić information content (AvgIpc) is 2.61. The van der Waals surface area contributed by atoms with E-state index in [0.29, 0.717) is 0 Å². The van der Waals surface area contributed by atoms with Crippen molar-refractivity contribution < 1.29 is 23.7 Å². The van der Waals surface area contributed by atoms with Gasteiger partial charge in [-0.15, -0.1) is 17.2 Å². The van der Waals surface area contributed by atoms with Gasteiger partial charge < -0.3 is 28.6 Å². The smallest absolute Gasteiger partial charge is 0.160 e. The van der Waals surface area contributed by atoms with E-state index in [1.165, 1.54) is 12.3 Å². The molecule has 2 unspecified atom stereocenters. The number of ether oxygens (including phenoxy) is 5. The maximum absolute atomic E-state index is 5.51. The van der Waals surface area contributed by atoms with Crippen LogP contribution in [0, 0.1) is 0 Å². The van der Waals surface area contributed by atoms with Gasteiger partial charge in [-0.05, 0) is 19.2 Å². The first-order valence-corrected chi connectivity index (χ1v) is 11.4. The van der Waals surface area contributed by atoms with Crippen LogP contribution in [-0.2, 0) is 23.7 Å². The monoisotopic (exact) mass is 385 g/mol. The second-order valence-corrected chi connectivity index (χ2v) is 8.07. The molecular formula is C16H37NO5P2. The van der Waals surface area contributed by atoms with E-state index in [-0.39, 0.29) is 12.6 Å². The molecule has 6 nitrogen and oxygen atoms in total. The van der Waals surface area contributed by atoms with Crippen LogP contribution in [0.5, 0.6) is 0 Å². The van der Waals surface area contributed by atoms with E-state index >= 15 is 0 Å². The van der Waals surface area contributed by atoms with Crippen LogP contribution in [0.15, 0.2) is 0 Å². The van der Waals surface area contributed by atoms with Crippen LogP contribution in [0.2, 0.25) is 0 Å². The molecule has 0 fully saturated rings. The van der Waals surface area contributed by atoms with E-state index in [1.54, 1.807) is 28.4 Å². The highest BCUT2D eigenvalue weighted by atomic mass is 31.1.